The molecule has 0 bridgehead atoms. The van der Waals surface area contributed by atoms with Gasteiger partial charge in [0.25, 0.3) is 0 Å². The van der Waals surface area contributed by atoms with Crippen LogP contribution in [-0.4, -0.2) is 71.0 Å². The number of nitrogens with zero attached hydrogens (tertiary/aromatic N) is 4. The smallest absolute Gasteiger partial charge is 0.241 e. The van der Waals surface area contributed by atoms with Gasteiger partial charge in [-0.2, -0.15) is 9.97 Å². The van der Waals surface area contributed by atoms with E-state index in [1.807, 2.05) is 13.8 Å². The normalized spacial score (nSPS) is 11.1. The standard InChI is InChI=1S/C25H30F2N6O.C25H26F2N6O.2CH4/c2*1-4-12-29-23-18(15-30-25(33-23)32-20-7-5-6-19(26)14-20)9-8-17-13-21(10-11-22(17)27)31-24(34)16(2)28-3;;/h5-7,10-11,13-16,28H,4,8-9,12H2,1-3H3,(H,31,34)(H2,29,30,32,33);5-7,10-11,13-16,28H,4,12H2,1-3H3,(H,31,34)(H2,29,30,32,33);2*1H4/t2*16-;;/m00../s1. The van der Waals surface area contributed by atoms with Gasteiger partial charge in [0.2, 0.25) is 23.7 Å². The predicted molar refractivity (Wildman–Crippen MR) is 275 cm³/mol. The molecule has 2 atom stereocenters. The van der Waals surface area contributed by atoms with Crippen LogP contribution in [0.2, 0.25) is 0 Å². The van der Waals surface area contributed by atoms with Crippen molar-refractivity contribution in [3.05, 3.63) is 143 Å². The number of hydrogen-bond acceptors (Lipinski definition) is 12. The largest absolute Gasteiger partial charge is 0.370 e. The van der Waals surface area contributed by atoms with Gasteiger partial charge in [0.05, 0.1) is 29.4 Å². The summed E-state index contributed by atoms with van der Waals surface area (Å²) >= 11 is 0. The first kappa shape index (κ1) is 56.7. The minimum Gasteiger partial charge on any atom is -0.370 e. The third-order valence-electron chi connectivity index (χ3n) is 10.1. The first-order valence-electron chi connectivity index (χ1n) is 22.1. The minimum absolute atomic E-state index is 0. The van der Waals surface area contributed by atoms with Crippen molar-refractivity contribution < 1.29 is 27.2 Å². The summed E-state index contributed by atoms with van der Waals surface area (Å²) < 4.78 is 55.8. The number of aromatic nitrogens is 4. The van der Waals surface area contributed by atoms with Crippen LogP contribution in [0, 0.1) is 35.1 Å². The van der Waals surface area contributed by atoms with Crippen molar-refractivity contribution >= 4 is 58.1 Å². The van der Waals surface area contributed by atoms with Crippen LogP contribution >= 0.6 is 0 Å². The number of hydrogen-bond donors (Lipinski definition) is 8. The summed E-state index contributed by atoms with van der Waals surface area (Å²) in [5, 5.41) is 23.7. The molecule has 0 saturated carbocycles. The average Bonchev–Trinajstić information content (AvgIpc) is 3.33. The van der Waals surface area contributed by atoms with Crippen LogP contribution in [0.5, 0.6) is 0 Å². The lowest BCUT2D eigenvalue weighted by atomic mass is 10.0. The number of benzene rings is 4. The maximum atomic E-state index is 14.5. The van der Waals surface area contributed by atoms with Gasteiger partial charge >= 0.3 is 0 Å². The fourth-order valence-corrected chi connectivity index (χ4v) is 6.06. The van der Waals surface area contributed by atoms with Crippen LogP contribution in [0.15, 0.2) is 97.3 Å². The first-order valence-corrected chi connectivity index (χ1v) is 22.1. The van der Waals surface area contributed by atoms with Gasteiger partial charge < -0.3 is 42.5 Å². The van der Waals surface area contributed by atoms with Gasteiger partial charge in [0.15, 0.2) is 0 Å². The van der Waals surface area contributed by atoms with Crippen LogP contribution < -0.4 is 42.5 Å². The Bertz CT molecular complexity index is 2710. The second-order valence-corrected chi connectivity index (χ2v) is 15.4. The number of aryl methyl sites for hydroxylation is 2. The lowest BCUT2D eigenvalue weighted by molar-refractivity contribution is -0.118. The van der Waals surface area contributed by atoms with Crippen LogP contribution in [0.25, 0.3) is 0 Å². The summed E-state index contributed by atoms with van der Waals surface area (Å²) in [6, 6.07) is 20.0. The van der Waals surface area contributed by atoms with Crippen molar-refractivity contribution in [3.63, 3.8) is 0 Å². The Morgan fingerprint density at radius 1 is 0.571 bits per heavy atom. The van der Waals surface area contributed by atoms with Gasteiger partial charge in [0, 0.05) is 47.6 Å². The van der Waals surface area contributed by atoms with Crippen LogP contribution in [-0.2, 0) is 22.4 Å². The highest BCUT2D eigenvalue weighted by molar-refractivity contribution is 5.95. The van der Waals surface area contributed by atoms with Crippen molar-refractivity contribution in [2.75, 3.05) is 59.1 Å². The van der Waals surface area contributed by atoms with Gasteiger partial charge in [0.1, 0.15) is 34.9 Å². The lowest BCUT2D eigenvalue weighted by Crippen LogP contribution is -2.35. The highest BCUT2D eigenvalue weighted by atomic mass is 19.1. The molecular formula is C52H64F4N12O2. The van der Waals surface area contributed by atoms with Gasteiger partial charge in [-0.15, -0.1) is 0 Å². The van der Waals surface area contributed by atoms with Crippen LogP contribution in [0.1, 0.15) is 77.6 Å². The zero-order valence-corrected chi connectivity index (χ0v) is 38.8. The number of amides is 2. The molecule has 0 spiro atoms. The topological polar surface area (TPSA) is 182 Å². The SMILES string of the molecule is C.C.CCCNc1nc(Nc2cccc(F)c2)ncc1C#Cc1cc(NC(=O)[C@H](C)NC)ccc1F.CCCNc1nc(Nc2cccc(F)c2)ncc1CCc1cc(NC(=O)[C@H](C)NC)ccc1F. The third kappa shape index (κ3) is 17.5. The lowest BCUT2D eigenvalue weighted by Gasteiger charge is -2.14. The second-order valence-electron chi connectivity index (χ2n) is 15.4. The number of carbonyl (C=O) groups is 2. The Labute approximate surface area is 408 Å². The number of nitrogens with one attached hydrogen (secondary N) is 8. The van der Waals surface area contributed by atoms with E-state index in [0.717, 1.165) is 18.4 Å². The maximum absolute atomic E-state index is 14.5. The summed E-state index contributed by atoms with van der Waals surface area (Å²) in [7, 11) is 3.38. The molecule has 0 radical (unpaired) electrons. The molecule has 8 N–H and O–H groups in total. The Kier molecular flexibility index (Phi) is 23.2. The van der Waals surface area contributed by atoms with Crippen molar-refractivity contribution in [1.82, 2.24) is 30.6 Å². The molecule has 0 aliphatic rings. The molecular weight excluding hydrogens is 901 g/mol. The van der Waals surface area contributed by atoms with Crippen LogP contribution in [0.3, 0.4) is 0 Å². The first-order chi connectivity index (χ1) is 32.8. The van der Waals surface area contributed by atoms with E-state index in [2.05, 4.69) is 74.3 Å². The summed E-state index contributed by atoms with van der Waals surface area (Å²) in [6.45, 7) is 8.88. The summed E-state index contributed by atoms with van der Waals surface area (Å²) in [4.78, 5) is 41.8. The molecule has 0 unspecified atom stereocenters. The molecule has 0 aliphatic heterocycles. The van der Waals surface area contributed by atoms with E-state index < -0.39 is 11.9 Å². The van der Waals surface area contributed by atoms with E-state index in [1.54, 1.807) is 70.5 Å². The Morgan fingerprint density at radius 2 is 1.06 bits per heavy atom. The maximum Gasteiger partial charge on any atom is 0.241 e. The molecule has 0 saturated heterocycles. The van der Waals surface area contributed by atoms with Crippen LogP contribution in [0.4, 0.5) is 63.8 Å². The average molecular weight is 965 g/mol. The van der Waals surface area contributed by atoms with E-state index in [4.69, 9.17) is 0 Å². The summed E-state index contributed by atoms with van der Waals surface area (Å²) in [5.41, 5.74) is 3.94. The molecule has 4 aromatic carbocycles. The molecule has 372 valence electrons. The zero-order chi connectivity index (χ0) is 49.0. The van der Waals surface area contributed by atoms with E-state index in [0.29, 0.717) is 77.4 Å². The van der Waals surface area contributed by atoms with Crippen molar-refractivity contribution in [3.8, 4) is 11.8 Å². The highest BCUT2D eigenvalue weighted by Gasteiger charge is 2.15. The number of anilines is 8. The van der Waals surface area contributed by atoms with E-state index >= 15 is 0 Å². The molecule has 2 heterocycles. The zero-order valence-electron chi connectivity index (χ0n) is 38.8. The molecule has 6 rings (SSSR count). The Morgan fingerprint density at radius 3 is 1.60 bits per heavy atom. The minimum atomic E-state index is -0.513. The van der Waals surface area contributed by atoms with E-state index in [-0.39, 0.29) is 61.7 Å². The van der Waals surface area contributed by atoms with Gasteiger partial charge in [-0.1, -0.05) is 52.7 Å². The van der Waals surface area contributed by atoms with E-state index in [1.165, 1.54) is 54.7 Å². The Balaban J connectivity index is 0.000000360. The fraction of sp³-hybridized carbons (Fsp3) is 0.308. The molecule has 6 aromatic rings. The number of carbonyl (C=O) groups excluding carboxylic acids is 2. The number of likely N-dealkylation sites (N-methyl/N-ethyl adjacent to an activating group) is 2. The third-order valence-corrected chi connectivity index (χ3v) is 10.1. The monoisotopic (exact) mass is 965 g/mol. The molecule has 0 fully saturated rings. The van der Waals surface area contributed by atoms with Crippen molar-refractivity contribution in [2.24, 2.45) is 0 Å². The number of halogens is 4. The van der Waals surface area contributed by atoms with Crippen molar-refractivity contribution in [2.45, 2.75) is 80.3 Å². The van der Waals surface area contributed by atoms with Gasteiger partial charge in [-0.25, -0.2) is 27.5 Å². The summed E-state index contributed by atoms with van der Waals surface area (Å²) in [5.74, 6) is 5.39. The van der Waals surface area contributed by atoms with Gasteiger partial charge in [-0.05, 0) is 132 Å². The highest BCUT2D eigenvalue weighted by Crippen LogP contribution is 2.23. The van der Waals surface area contributed by atoms with E-state index in [9.17, 15) is 27.2 Å². The number of rotatable bonds is 19. The fourth-order valence-electron chi connectivity index (χ4n) is 6.06. The molecule has 14 nitrogen and oxygen atoms in total. The molecule has 18 heteroatoms. The Hall–Kier alpha value is -7.62. The molecule has 2 amide bonds. The quantitative estimate of drug-likeness (QED) is 0.0285. The molecule has 70 heavy (non-hydrogen) atoms. The van der Waals surface area contributed by atoms with Crippen molar-refractivity contribution in [1.29, 1.82) is 0 Å². The summed E-state index contributed by atoms with van der Waals surface area (Å²) in [6.07, 6.45) is 5.84. The molecule has 2 aromatic heterocycles. The second kappa shape index (κ2) is 28.6. The van der Waals surface area contributed by atoms with Gasteiger partial charge in [-0.3, -0.25) is 9.59 Å². The predicted octanol–water partition coefficient (Wildman–Crippen LogP) is 10.2. The molecule has 0 aliphatic carbocycles.